The Bertz CT molecular complexity index is 572. The van der Waals surface area contributed by atoms with Crippen LogP contribution in [0.2, 0.25) is 0 Å². The Balaban J connectivity index is 1.89. The van der Waals surface area contributed by atoms with E-state index in [0.29, 0.717) is 13.2 Å². The molecule has 0 fully saturated rings. The first-order chi connectivity index (χ1) is 10.2. The molecule has 0 heterocycles. The first-order valence-electron chi connectivity index (χ1n) is 7.12. The van der Waals surface area contributed by atoms with Gasteiger partial charge in [0.25, 0.3) is 0 Å². The van der Waals surface area contributed by atoms with E-state index >= 15 is 0 Å². The molecule has 0 aliphatic rings. The molecule has 0 saturated carbocycles. The van der Waals surface area contributed by atoms with Crippen LogP contribution in [-0.4, -0.2) is 26.8 Å². The summed E-state index contributed by atoms with van der Waals surface area (Å²) in [6, 6.07) is 15.5. The van der Waals surface area contributed by atoms with Crippen molar-refractivity contribution >= 4 is 11.4 Å². The highest BCUT2D eigenvalue weighted by atomic mass is 16.5. The van der Waals surface area contributed by atoms with Gasteiger partial charge in [-0.3, -0.25) is 0 Å². The molecule has 4 heteroatoms. The van der Waals surface area contributed by atoms with Gasteiger partial charge in [-0.25, -0.2) is 0 Å². The summed E-state index contributed by atoms with van der Waals surface area (Å²) < 4.78 is 11.4. The minimum Gasteiger partial charge on any atom is -0.490 e. The quantitative estimate of drug-likeness (QED) is 0.794. The van der Waals surface area contributed by atoms with Gasteiger partial charge in [-0.1, -0.05) is 18.2 Å². The number of anilines is 2. The summed E-state index contributed by atoms with van der Waals surface area (Å²) in [7, 11) is 2.02. The maximum absolute atomic E-state index is 5.81. The number of nitrogens with zero attached hydrogens (tertiary/aromatic N) is 1. The lowest BCUT2D eigenvalue weighted by molar-refractivity contribution is 0.281. The predicted molar refractivity (Wildman–Crippen MR) is 87.2 cm³/mol. The molecule has 2 aromatic rings. The standard InChI is InChI=1S/C17H22N2O2/c1-3-20-16-9-4-5-10-17(16)21-12-11-19(2)15-8-6-7-14(18)13-15/h4-10,13H,3,11-12,18H2,1-2H3. The first kappa shape index (κ1) is 15.0. The van der Waals surface area contributed by atoms with Crippen molar-refractivity contribution in [1.82, 2.24) is 0 Å². The van der Waals surface area contributed by atoms with Gasteiger partial charge in [0.1, 0.15) is 6.61 Å². The van der Waals surface area contributed by atoms with Crippen LogP contribution < -0.4 is 20.1 Å². The van der Waals surface area contributed by atoms with Crippen molar-refractivity contribution in [3.8, 4) is 11.5 Å². The highest BCUT2D eigenvalue weighted by Gasteiger charge is 2.05. The molecule has 0 spiro atoms. The molecule has 0 radical (unpaired) electrons. The zero-order valence-electron chi connectivity index (χ0n) is 12.6. The van der Waals surface area contributed by atoms with Crippen molar-refractivity contribution in [2.24, 2.45) is 0 Å². The van der Waals surface area contributed by atoms with Crippen molar-refractivity contribution in [1.29, 1.82) is 0 Å². The molecule has 2 aromatic carbocycles. The third kappa shape index (κ3) is 4.31. The lowest BCUT2D eigenvalue weighted by Gasteiger charge is -2.20. The lowest BCUT2D eigenvalue weighted by atomic mass is 10.2. The van der Waals surface area contributed by atoms with Crippen molar-refractivity contribution in [3.05, 3.63) is 48.5 Å². The molecule has 2 rings (SSSR count). The van der Waals surface area contributed by atoms with Crippen LogP contribution in [0.5, 0.6) is 11.5 Å². The van der Waals surface area contributed by atoms with E-state index in [0.717, 1.165) is 29.4 Å². The van der Waals surface area contributed by atoms with E-state index in [1.165, 1.54) is 0 Å². The van der Waals surface area contributed by atoms with E-state index < -0.39 is 0 Å². The summed E-state index contributed by atoms with van der Waals surface area (Å²) in [4.78, 5) is 2.11. The molecule has 0 unspecified atom stereocenters. The smallest absolute Gasteiger partial charge is 0.161 e. The molecule has 0 aliphatic carbocycles. The Morgan fingerprint density at radius 3 is 2.38 bits per heavy atom. The van der Waals surface area contributed by atoms with Crippen molar-refractivity contribution in [2.45, 2.75) is 6.92 Å². The largest absolute Gasteiger partial charge is 0.490 e. The summed E-state index contributed by atoms with van der Waals surface area (Å²) in [5.41, 5.74) is 7.64. The van der Waals surface area contributed by atoms with Crippen LogP contribution in [0.15, 0.2) is 48.5 Å². The fourth-order valence-electron chi connectivity index (χ4n) is 2.03. The molecule has 0 aromatic heterocycles. The second-order valence-electron chi connectivity index (χ2n) is 4.74. The lowest BCUT2D eigenvalue weighted by Crippen LogP contribution is -2.23. The molecule has 0 saturated heterocycles. The van der Waals surface area contributed by atoms with Gasteiger partial charge in [-0.05, 0) is 37.3 Å². The van der Waals surface area contributed by atoms with Crippen LogP contribution in [0.4, 0.5) is 11.4 Å². The highest BCUT2D eigenvalue weighted by Crippen LogP contribution is 2.26. The van der Waals surface area contributed by atoms with E-state index in [1.807, 2.05) is 62.5 Å². The van der Waals surface area contributed by atoms with Crippen LogP contribution in [0.1, 0.15) is 6.92 Å². The number of likely N-dealkylation sites (N-methyl/N-ethyl adjacent to an activating group) is 1. The molecule has 0 atom stereocenters. The van der Waals surface area contributed by atoms with Crippen LogP contribution in [0.3, 0.4) is 0 Å². The molecule has 21 heavy (non-hydrogen) atoms. The number of nitrogen functional groups attached to an aromatic ring is 1. The second kappa shape index (κ2) is 7.43. The van der Waals surface area contributed by atoms with Gasteiger partial charge in [0.15, 0.2) is 11.5 Å². The van der Waals surface area contributed by atoms with Gasteiger partial charge in [0.2, 0.25) is 0 Å². The van der Waals surface area contributed by atoms with Gasteiger partial charge in [0, 0.05) is 18.4 Å². The number of ether oxygens (including phenoxy) is 2. The molecule has 4 nitrogen and oxygen atoms in total. The molecular weight excluding hydrogens is 264 g/mol. The second-order valence-corrected chi connectivity index (χ2v) is 4.74. The number of rotatable bonds is 7. The van der Waals surface area contributed by atoms with Gasteiger partial charge in [0.05, 0.1) is 13.2 Å². The molecular formula is C17H22N2O2. The van der Waals surface area contributed by atoms with Gasteiger partial charge in [-0.15, -0.1) is 0 Å². The number of para-hydroxylation sites is 2. The monoisotopic (exact) mass is 286 g/mol. The predicted octanol–water partition coefficient (Wildman–Crippen LogP) is 3.18. The summed E-state index contributed by atoms with van der Waals surface area (Å²) in [5, 5.41) is 0. The Hall–Kier alpha value is -2.36. The van der Waals surface area contributed by atoms with E-state index in [9.17, 15) is 0 Å². The van der Waals surface area contributed by atoms with E-state index in [4.69, 9.17) is 15.2 Å². The van der Waals surface area contributed by atoms with E-state index in [2.05, 4.69) is 4.90 Å². The van der Waals surface area contributed by atoms with Crippen LogP contribution >= 0.6 is 0 Å². The van der Waals surface area contributed by atoms with Gasteiger partial charge < -0.3 is 20.1 Å². The maximum Gasteiger partial charge on any atom is 0.161 e. The third-order valence-electron chi connectivity index (χ3n) is 3.14. The molecule has 112 valence electrons. The Labute approximate surface area is 126 Å². The van der Waals surface area contributed by atoms with Crippen LogP contribution in [-0.2, 0) is 0 Å². The summed E-state index contributed by atoms with van der Waals surface area (Å²) in [5.74, 6) is 1.56. The number of nitrogens with two attached hydrogens (primary N) is 1. The molecule has 0 amide bonds. The zero-order valence-corrected chi connectivity index (χ0v) is 12.6. The summed E-state index contributed by atoms with van der Waals surface area (Å²) >= 11 is 0. The summed E-state index contributed by atoms with van der Waals surface area (Å²) in [6.07, 6.45) is 0. The average Bonchev–Trinajstić information content (AvgIpc) is 2.49. The van der Waals surface area contributed by atoms with Gasteiger partial charge >= 0.3 is 0 Å². The fourth-order valence-corrected chi connectivity index (χ4v) is 2.03. The minimum atomic E-state index is 0.579. The number of hydrogen-bond acceptors (Lipinski definition) is 4. The maximum atomic E-state index is 5.81. The van der Waals surface area contributed by atoms with Crippen molar-refractivity contribution in [2.75, 3.05) is 37.4 Å². The third-order valence-corrected chi connectivity index (χ3v) is 3.14. The highest BCUT2D eigenvalue weighted by molar-refractivity contribution is 5.55. The van der Waals surface area contributed by atoms with Crippen molar-refractivity contribution < 1.29 is 9.47 Å². The Morgan fingerprint density at radius 2 is 1.71 bits per heavy atom. The fraction of sp³-hybridized carbons (Fsp3) is 0.294. The number of benzene rings is 2. The van der Waals surface area contributed by atoms with Crippen LogP contribution in [0.25, 0.3) is 0 Å². The zero-order chi connectivity index (χ0) is 15.1. The first-order valence-corrected chi connectivity index (χ1v) is 7.12. The number of hydrogen-bond donors (Lipinski definition) is 1. The molecule has 2 N–H and O–H groups in total. The summed E-state index contributed by atoms with van der Waals surface area (Å²) in [6.45, 7) is 3.94. The normalized spacial score (nSPS) is 10.2. The Kier molecular flexibility index (Phi) is 5.32. The Morgan fingerprint density at radius 1 is 1.00 bits per heavy atom. The van der Waals surface area contributed by atoms with E-state index in [-0.39, 0.29) is 0 Å². The van der Waals surface area contributed by atoms with Crippen LogP contribution in [0, 0.1) is 0 Å². The SMILES string of the molecule is CCOc1ccccc1OCCN(C)c1cccc(N)c1. The average molecular weight is 286 g/mol. The molecule has 0 bridgehead atoms. The van der Waals surface area contributed by atoms with E-state index in [1.54, 1.807) is 0 Å². The minimum absolute atomic E-state index is 0.579. The van der Waals surface area contributed by atoms with Crippen molar-refractivity contribution in [3.63, 3.8) is 0 Å². The van der Waals surface area contributed by atoms with Gasteiger partial charge in [-0.2, -0.15) is 0 Å². The molecule has 0 aliphatic heterocycles. The topological polar surface area (TPSA) is 47.7 Å².